The number of piperazine rings is 1. The Morgan fingerprint density at radius 1 is 1.28 bits per heavy atom. The molecule has 0 aromatic heterocycles. The molecule has 1 aromatic carbocycles. The molecule has 0 saturated carbocycles. The first-order chi connectivity index (χ1) is 8.79. The second kappa shape index (κ2) is 6.73. The molecule has 1 aromatic rings. The van der Waals surface area contributed by atoms with E-state index in [2.05, 4.69) is 10.2 Å². The first-order valence-corrected chi connectivity index (χ1v) is 6.54. The van der Waals surface area contributed by atoms with Crippen molar-refractivity contribution in [1.82, 2.24) is 10.2 Å². The van der Waals surface area contributed by atoms with E-state index in [4.69, 9.17) is 4.74 Å². The Kier molecular flexibility index (Phi) is 4.99. The van der Waals surface area contributed by atoms with Gasteiger partial charge in [-0.15, -0.1) is 0 Å². The number of hydrogen-bond acceptors (Lipinski definition) is 4. The Morgan fingerprint density at radius 2 is 1.94 bits per heavy atom. The maximum atomic E-state index is 10.1. The zero-order valence-electron chi connectivity index (χ0n) is 10.9. The topological polar surface area (TPSA) is 44.7 Å². The van der Waals surface area contributed by atoms with E-state index >= 15 is 0 Å². The Labute approximate surface area is 109 Å². The van der Waals surface area contributed by atoms with Gasteiger partial charge in [0.05, 0.1) is 13.2 Å². The third kappa shape index (κ3) is 3.70. The summed E-state index contributed by atoms with van der Waals surface area (Å²) >= 11 is 0. The average molecular weight is 250 g/mol. The molecule has 1 fully saturated rings. The summed E-state index contributed by atoms with van der Waals surface area (Å²) in [6.07, 6.45) is 0.401. The van der Waals surface area contributed by atoms with Crippen molar-refractivity contribution in [2.24, 2.45) is 0 Å². The summed E-state index contributed by atoms with van der Waals surface area (Å²) in [6.45, 7) is 5.22. The first-order valence-electron chi connectivity index (χ1n) is 6.54. The lowest BCUT2D eigenvalue weighted by molar-refractivity contribution is 0.136. The number of aliphatic hydroxyl groups is 1. The summed E-state index contributed by atoms with van der Waals surface area (Å²) in [7, 11) is 1.65. The van der Waals surface area contributed by atoms with Crippen LogP contribution in [0.15, 0.2) is 24.3 Å². The summed E-state index contributed by atoms with van der Waals surface area (Å²) < 4.78 is 5.11. The fourth-order valence-corrected chi connectivity index (χ4v) is 2.23. The van der Waals surface area contributed by atoms with Crippen molar-refractivity contribution in [3.8, 4) is 5.75 Å². The smallest absolute Gasteiger partial charge is 0.118 e. The van der Waals surface area contributed by atoms with Crippen molar-refractivity contribution in [2.75, 3.05) is 39.8 Å². The molecule has 18 heavy (non-hydrogen) atoms. The summed E-state index contributed by atoms with van der Waals surface area (Å²) in [5.74, 6) is 0.827. The number of benzene rings is 1. The Morgan fingerprint density at radius 3 is 2.56 bits per heavy atom. The molecule has 1 aliphatic rings. The Bertz CT molecular complexity index is 347. The zero-order chi connectivity index (χ0) is 12.8. The SMILES string of the molecule is COc1ccc(C(O)CCN2CCNCC2)cc1. The van der Waals surface area contributed by atoms with Crippen LogP contribution in [-0.2, 0) is 0 Å². The number of rotatable bonds is 5. The molecule has 0 bridgehead atoms. The molecule has 4 nitrogen and oxygen atoms in total. The standard InChI is InChI=1S/C14H22N2O2/c1-18-13-4-2-12(3-5-13)14(17)6-9-16-10-7-15-8-11-16/h2-5,14-15,17H,6-11H2,1H3. The minimum atomic E-state index is -0.384. The quantitative estimate of drug-likeness (QED) is 0.819. The normalized spacial score (nSPS) is 18.6. The van der Waals surface area contributed by atoms with Crippen LogP contribution in [0.4, 0.5) is 0 Å². The Balaban J connectivity index is 1.80. The molecule has 4 heteroatoms. The van der Waals surface area contributed by atoms with Gasteiger partial charge in [0.15, 0.2) is 0 Å². The van der Waals surface area contributed by atoms with Crippen LogP contribution in [0.25, 0.3) is 0 Å². The summed E-state index contributed by atoms with van der Waals surface area (Å²) in [5, 5.41) is 13.5. The van der Waals surface area contributed by atoms with Gasteiger partial charge in [-0.3, -0.25) is 0 Å². The molecule has 0 spiro atoms. The van der Waals surface area contributed by atoms with Crippen LogP contribution in [0.5, 0.6) is 5.75 Å². The number of nitrogens with zero attached hydrogens (tertiary/aromatic N) is 1. The number of hydrogen-bond donors (Lipinski definition) is 2. The summed E-state index contributed by atoms with van der Waals surface area (Å²) in [6, 6.07) is 7.65. The van der Waals surface area contributed by atoms with E-state index in [0.717, 1.165) is 50.5 Å². The predicted molar refractivity (Wildman–Crippen MR) is 71.9 cm³/mol. The summed E-state index contributed by atoms with van der Waals surface area (Å²) in [4.78, 5) is 2.39. The zero-order valence-corrected chi connectivity index (χ0v) is 10.9. The van der Waals surface area contributed by atoms with Crippen molar-refractivity contribution in [3.05, 3.63) is 29.8 Å². The lowest BCUT2D eigenvalue weighted by atomic mass is 10.1. The predicted octanol–water partition coefficient (Wildman–Crippen LogP) is 1.02. The van der Waals surface area contributed by atoms with Crippen LogP contribution >= 0.6 is 0 Å². The second-order valence-electron chi connectivity index (χ2n) is 4.67. The van der Waals surface area contributed by atoms with E-state index in [1.54, 1.807) is 7.11 Å². The molecular formula is C14H22N2O2. The van der Waals surface area contributed by atoms with E-state index < -0.39 is 0 Å². The molecule has 100 valence electrons. The highest BCUT2D eigenvalue weighted by molar-refractivity contribution is 5.28. The minimum Gasteiger partial charge on any atom is -0.497 e. The molecule has 1 atom stereocenters. The number of ether oxygens (including phenoxy) is 1. The highest BCUT2D eigenvalue weighted by atomic mass is 16.5. The maximum Gasteiger partial charge on any atom is 0.118 e. The highest BCUT2D eigenvalue weighted by Gasteiger charge is 2.13. The third-order valence-corrected chi connectivity index (χ3v) is 3.43. The maximum absolute atomic E-state index is 10.1. The Hall–Kier alpha value is -1.10. The van der Waals surface area contributed by atoms with Crippen molar-refractivity contribution in [1.29, 1.82) is 0 Å². The van der Waals surface area contributed by atoms with Gasteiger partial charge in [0.2, 0.25) is 0 Å². The van der Waals surface area contributed by atoms with E-state index in [9.17, 15) is 5.11 Å². The lowest BCUT2D eigenvalue weighted by Crippen LogP contribution is -2.44. The van der Waals surface area contributed by atoms with E-state index in [0.29, 0.717) is 0 Å². The van der Waals surface area contributed by atoms with Crippen LogP contribution in [0.2, 0.25) is 0 Å². The molecule has 0 radical (unpaired) electrons. The molecule has 2 N–H and O–H groups in total. The van der Waals surface area contributed by atoms with E-state index in [1.807, 2.05) is 24.3 Å². The van der Waals surface area contributed by atoms with Gasteiger partial charge >= 0.3 is 0 Å². The van der Waals surface area contributed by atoms with Crippen molar-refractivity contribution < 1.29 is 9.84 Å². The lowest BCUT2D eigenvalue weighted by Gasteiger charge is -2.28. The fraction of sp³-hybridized carbons (Fsp3) is 0.571. The van der Waals surface area contributed by atoms with Crippen LogP contribution in [0.1, 0.15) is 18.1 Å². The van der Waals surface area contributed by atoms with E-state index in [-0.39, 0.29) is 6.10 Å². The van der Waals surface area contributed by atoms with Crippen molar-refractivity contribution in [2.45, 2.75) is 12.5 Å². The molecule has 0 aliphatic carbocycles. The number of methoxy groups -OCH3 is 1. The third-order valence-electron chi connectivity index (χ3n) is 3.43. The molecule has 1 heterocycles. The van der Waals surface area contributed by atoms with Gasteiger partial charge in [0, 0.05) is 32.7 Å². The van der Waals surface area contributed by atoms with Gasteiger partial charge in [-0.25, -0.2) is 0 Å². The molecule has 1 saturated heterocycles. The van der Waals surface area contributed by atoms with Gasteiger partial charge in [0.1, 0.15) is 5.75 Å². The largest absolute Gasteiger partial charge is 0.497 e. The molecule has 0 amide bonds. The van der Waals surface area contributed by atoms with Gasteiger partial charge in [-0.2, -0.15) is 0 Å². The molecular weight excluding hydrogens is 228 g/mol. The second-order valence-corrected chi connectivity index (χ2v) is 4.67. The minimum absolute atomic E-state index is 0.384. The van der Waals surface area contributed by atoms with Crippen LogP contribution in [-0.4, -0.2) is 49.8 Å². The van der Waals surface area contributed by atoms with Gasteiger partial charge in [0.25, 0.3) is 0 Å². The molecule has 1 unspecified atom stereocenters. The van der Waals surface area contributed by atoms with Gasteiger partial charge in [-0.05, 0) is 24.1 Å². The first kappa shape index (κ1) is 13.3. The average Bonchev–Trinajstić information content (AvgIpc) is 2.46. The fourth-order valence-electron chi connectivity index (χ4n) is 2.23. The number of aliphatic hydroxyl groups excluding tert-OH is 1. The van der Waals surface area contributed by atoms with E-state index in [1.165, 1.54) is 0 Å². The highest BCUT2D eigenvalue weighted by Crippen LogP contribution is 2.20. The van der Waals surface area contributed by atoms with Crippen LogP contribution in [0.3, 0.4) is 0 Å². The van der Waals surface area contributed by atoms with Gasteiger partial charge < -0.3 is 20.1 Å². The van der Waals surface area contributed by atoms with Crippen molar-refractivity contribution >= 4 is 0 Å². The van der Waals surface area contributed by atoms with Crippen LogP contribution in [0, 0.1) is 0 Å². The summed E-state index contributed by atoms with van der Waals surface area (Å²) in [5.41, 5.74) is 0.964. The van der Waals surface area contributed by atoms with Crippen LogP contribution < -0.4 is 10.1 Å². The van der Waals surface area contributed by atoms with Gasteiger partial charge in [-0.1, -0.05) is 12.1 Å². The molecule has 1 aliphatic heterocycles. The molecule has 2 rings (SSSR count). The number of nitrogens with one attached hydrogen (secondary N) is 1. The van der Waals surface area contributed by atoms with Crippen molar-refractivity contribution in [3.63, 3.8) is 0 Å². The monoisotopic (exact) mass is 250 g/mol.